The summed E-state index contributed by atoms with van der Waals surface area (Å²) in [6.07, 6.45) is 5.46. The number of anilines is 1. The quantitative estimate of drug-likeness (QED) is 0.447. The number of aromatic nitrogens is 5. The maximum Gasteiger partial charge on any atom is 0.246 e. The minimum atomic E-state index is -3.49. The molecule has 0 amide bonds. The predicted octanol–water partition coefficient (Wildman–Crippen LogP) is 2.07. The molecule has 0 saturated carbocycles. The van der Waals surface area contributed by atoms with E-state index in [1.165, 1.54) is 12.4 Å². The summed E-state index contributed by atoms with van der Waals surface area (Å²) >= 11 is 0. The first-order chi connectivity index (χ1) is 13.3. The number of imidazole rings is 1. The highest BCUT2D eigenvalue weighted by atomic mass is 32.2. The second-order valence-corrected chi connectivity index (χ2v) is 8.58. The van der Waals surface area contributed by atoms with Crippen LogP contribution in [0.3, 0.4) is 0 Å². The zero-order valence-corrected chi connectivity index (χ0v) is 17.0. The molecule has 2 N–H and O–H groups in total. The first-order valence-corrected chi connectivity index (χ1v) is 10.6. The number of nitrogens with two attached hydrogens (primary N) is 1. The summed E-state index contributed by atoms with van der Waals surface area (Å²) < 4.78 is 32.2. The van der Waals surface area contributed by atoms with Crippen LogP contribution in [0.5, 0.6) is 0 Å². The fraction of sp³-hybridized carbons (Fsp3) is 0.444. The lowest BCUT2D eigenvalue weighted by Gasteiger charge is -2.14. The van der Waals surface area contributed by atoms with Crippen molar-refractivity contribution in [1.82, 2.24) is 24.5 Å². The number of pyridine rings is 1. The smallest absolute Gasteiger partial charge is 0.246 e. The van der Waals surface area contributed by atoms with Gasteiger partial charge in [0.1, 0.15) is 17.4 Å². The Balaban J connectivity index is 1.80. The Kier molecular flexibility index (Phi) is 5.90. The molecule has 0 fully saturated rings. The lowest BCUT2D eigenvalue weighted by atomic mass is 10.2. The number of sulfone groups is 1. The molecule has 9 nitrogen and oxygen atoms in total. The van der Waals surface area contributed by atoms with E-state index < -0.39 is 9.84 Å². The molecule has 0 aliphatic carbocycles. The first kappa shape index (κ1) is 20.2. The van der Waals surface area contributed by atoms with Gasteiger partial charge in [0.15, 0.2) is 5.82 Å². The van der Waals surface area contributed by atoms with Crippen LogP contribution in [-0.4, -0.2) is 45.8 Å². The third kappa shape index (κ3) is 3.97. The number of ether oxygens (including phenoxy) is 1. The summed E-state index contributed by atoms with van der Waals surface area (Å²) in [6.45, 7) is 4.45. The molecule has 0 aliphatic heterocycles. The van der Waals surface area contributed by atoms with Crippen molar-refractivity contribution in [1.29, 1.82) is 0 Å². The highest BCUT2D eigenvalue weighted by Gasteiger charge is 2.21. The fourth-order valence-corrected chi connectivity index (χ4v) is 4.29. The summed E-state index contributed by atoms with van der Waals surface area (Å²) in [5.41, 5.74) is 8.51. The SMILES string of the molecule is COC(C)c1nc2c(N)ncc(C)c2n1CCCCS(=O)(=O)c1ncccn1. The molecule has 0 aliphatic rings. The van der Waals surface area contributed by atoms with Crippen LogP contribution < -0.4 is 5.73 Å². The number of hydrogen-bond acceptors (Lipinski definition) is 8. The molecule has 0 spiro atoms. The van der Waals surface area contributed by atoms with Crippen molar-refractivity contribution < 1.29 is 13.2 Å². The fourth-order valence-electron chi connectivity index (χ4n) is 3.08. The van der Waals surface area contributed by atoms with Gasteiger partial charge in [0, 0.05) is 32.2 Å². The summed E-state index contributed by atoms with van der Waals surface area (Å²) in [7, 11) is -1.87. The predicted molar refractivity (Wildman–Crippen MR) is 105 cm³/mol. The van der Waals surface area contributed by atoms with Gasteiger partial charge in [-0.05, 0) is 38.3 Å². The van der Waals surface area contributed by atoms with Crippen molar-refractivity contribution in [2.24, 2.45) is 0 Å². The van der Waals surface area contributed by atoms with Crippen molar-refractivity contribution in [3.05, 3.63) is 36.0 Å². The minimum Gasteiger partial charge on any atom is -0.382 e. The van der Waals surface area contributed by atoms with Crippen LogP contribution in [-0.2, 0) is 21.1 Å². The Bertz CT molecular complexity index is 1070. The molecule has 10 heteroatoms. The average Bonchev–Trinajstić information content (AvgIpc) is 3.09. The van der Waals surface area contributed by atoms with Gasteiger partial charge in [0.05, 0.1) is 11.3 Å². The molecule has 3 heterocycles. The Hall–Kier alpha value is -2.59. The van der Waals surface area contributed by atoms with Crippen molar-refractivity contribution in [3.63, 3.8) is 0 Å². The van der Waals surface area contributed by atoms with E-state index in [2.05, 4.69) is 19.9 Å². The standard InChI is InChI=1S/C18H24N6O3S/c1-12-11-22-16(19)14-15(12)24(17(23-14)13(2)27-3)9-4-5-10-28(25,26)18-20-7-6-8-21-18/h6-8,11,13H,4-5,9-10H2,1-3H3,(H2,19,22). The van der Waals surface area contributed by atoms with E-state index in [0.29, 0.717) is 30.7 Å². The maximum absolute atomic E-state index is 12.3. The normalized spacial score (nSPS) is 13.1. The zero-order valence-electron chi connectivity index (χ0n) is 16.2. The molecular formula is C18H24N6O3S. The number of nitrogen functional groups attached to an aromatic ring is 1. The molecule has 3 rings (SSSR count). The second-order valence-electron chi connectivity index (χ2n) is 6.58. The van der Waals surface area contributed by atoms with Gasteiger partial charge < -0.3 is 15.0 Å². The molecular weight excluding hydrogens is 380 g/mol. The topological polar surface area (TPSA) is 126 Å². The van der Waals surface area contributed by atoms with E-state index in [9.17, 15) is 8.42 Å². The molecule has 0 radical (unpaired) electrons. The lowest BCUT2D eigenvalue weighted by molar-refractivity contribution is 0.109. The van der Waals surface area contributed by atoms with Crippen LogP contribution >= 0.6 is 0 Å². The zero-order chi connectivity index (χ0) is 20.3. The van der Waals surface area contributed by atoms with Gasteiger partial charge in [-0.3, -0.25) is 0 Å². The Morgan fingerprint density at radius 1 is 1.21 bits per heavy atom. The van der Waals surface area contributed by atoms with Crippen LogP contribution in [0.2, 0.25) is 0 Å². The average molecular weight is 404 g/mol. The van der Waals surface area contributed by atoms with Crippen LogP contribution in [0, 0.1) is 6.92 Å². The molecule has 1 atom stereocenters. The van der Waals surface area contributed by atoms with Gasteiger partial charge in [-0.2, -0.15) is 0 Å². The van der Waals surface area contributed by atoms with Gasteiger partial charge in [-0.25, -0.2) is 28.4 Å². The Morgan fingerprint density at radius 3 is 2.61 bits per heavy atom. The van der Waals surface area contributed by atoms with Gasteiger partial charge in [0.25, 0.3) is 0 Å². The lowest BCUT2D eigenvalue weighted by Crippen LogP contribution is -2.13. The Morgan fingerprint density at radius 2 is 1.93 bits per heavy atom. The molecule has 28 heavy (non-hydrogen) atoms. The van der Waals surface area contributed by atoms with Crippen molar-refractivity contribution in [2.75, 3.05) is 18.6 Å². The summed E-state index contributed by atoms with van der Waals surface area (Å²) in [4.78, 5) is 16.5. The second kappa shape index (κ2) is 8.19. The van der Waals surface area contributed by atoms with E-state index in [1.807, 2.05) is 18.4 Å². The number of nitrogens with zero attached hydrogens (tertiary/aromatic N) is 5. The van der Waals surface area contributed by atoms with Crippen LogP contribution in [0.25, 0.3) is 11.0 Å². The van der Waals surface area contributed by atoms with Gasteiger partial charge in [-0.1, -0.05) is 0 Å². The maximum atomic E-state index is 12.3. The molecule has 0 bridgehead atoms. The van der Waals surface area contributed by atoms with E-state index in [-0.39, 0.29) is 17.0 Å². The largest absolute Gasteiger partial charge is 0.382 e. The molecule has 150 valence electrons. The number of hydrogen-bond donors (Lipinski definition) is 1. The monoisotopic (exact) mass is 404 g/mol. The van der Waals surface area contributed by atoms with Gasteiger partial charge in [0.2, 0.25) is 15.0 Å². The molecule has 0 saturated heterocycles. The number of methoxy groups -OCH3 is 1. The van der Waals surface area contributed by atoms with Crippen LogP contribution in [0.4, 0.5) is 5.82 Å². The van der Waals surface area contributed by atoms with Crippen molar-refractivity contribution >= 4 is 26.7 Å². The number of fused-ring (bicyclic) bond motifs is 1. The van der Waals surface area contributed by atoms with E-state index >= 15 is 0 Å². The van der Waals surface area contributed by atoms with Crippen molar-refractivity contribution in [3.8, 4) is 0 Å². The Labute approximate surface area is 163 Å². The van der Waals surface area contributed by atoms with E-state index in [4.69, 9.17) is 10.5 Å². The molecule has 3 aromatic heterocycles. The minimum absolute atomic E-state index is 0.0124. The third-order valence-corrected chi connectivity index (χ3v) is 6.19. The van der Waals surface area contributed by atoms with Crippen molar-refractivity contribution in [2.45, 2.75) is 44.5 Å². The van der Waals surface area contributed by atoms with Gasteiger partial charge in [-0.15, -0.1) is 0 Å². The third-order valence-electron chi connectivity index (χ3n) is 4.59. The summed E-state index contributed by atoms with van der Waals surface area (Å²) in [5, 5.41) is -0.133. The number of rotatable bonds is 8. The van der Waals surface area contributed by atoms with E-state index in [0.717, 1.165) is 16.9 Å². The van der Waals surface area contributed by atoms with Crippen LogP contribution in [0.1, 0.15) is 37.3 Å². The van der Waals surface area contributed by atoms with E-state index in [1.54, 1.807) is 19.4 Å². The number of unbranched alkanes of at least 4 members (excludes halogenated alkanes) is 1. The highest BCUT2D eigenvalue weighted by molar-refractivity contribution is 7.91. The van der Waals surface area contributed by atoms with Crippen LogP contribution in [0.15, 0.2) is 29.8 Å². The first-order valence-electron chi connectivity index (χ1n) is 8.99. The summed E-state index contributed by atoms with van der Waals surface area (Å²) in [5.74, 6) is 1.10. The molecule has 0 aromatic carbocycles. The highest BCUT2D eigenvalue weighted by Crippen LogP contribution is 2.28. The number of aryl methyl sites for hydroxylation is 2. The summed E-state index contributed by atoms with van der Waals surface area (Å²) in [6, 6.07) is 1.59. The molecule has 1 unspecified atom stereocenters. The molecule has 3 aromatic rings. The van der Waals surface area contributed by atoms with Gasteiger partial charge >= 0.3 is 0 Å².